The first-order chi connectivity index (χ1) is 15.6. The van der Waals surface area contributed by atoms with E-state index in [1.54, 1.807) is 12.1 Å². The van der Waals surface area contributed by atoms with Gasteiger partial charge in [0, 0.05) is 38.5 Å². The van der Waals surface area contributed by atoms with Gasteiger partial charge < -0.3 is 10.1 Å². The van der Waals surface area contributed by atoms with Crippen LogP contribution >= 0.6 is 11.6 Å². The fraction of sp³-hybridized carbons (Fsp3) is 0.375. The van der Waals surface area contributed by atoms with E-state index in [-0.39, 0.29) is 24.5 Å². The van der Waals surface area contributed by atoms with Gasteiger partial charge in [-0.1, -0.05) is 41.9 Å². The Balaban J connectivity index is 1.21. The van der Waals surface area contributed by atoms with Crippen LogP contribution in [0.4, 0.5) is 0 Å². The number of hydrazone groups is 1. The van der Waals surface area contributed by atoms with Crippen LogP contribution in [0.3, 0.4) is 0 Å². The number of benzene rings is 2. The molecule has 0 aromatic heterocycles. The standard InChI is InChI=1S/C24H27ClN4O3/c25-20-14-18(21-7-9-23(30)28-27-21)6-8-22(20)32-16-24(31)26-19-10-12-29(13-11-19)15-17-4-2-1-3-5-17/h1-6,8,14,19H,7,9-13,15-16H2,(H,26,31)(H,28,30). The topological polar surface area (TPSA) is 83.0 Å². The number of nitrogens with one attached hydrogen (secondary N) is 2. The predicted molar refractivity (Wildman–Crippen MR) is 124 cm³/mol. The molecule has 7 nitrogen and oxygen atoms in total. The van der Waals surface area contributed by atoms with Crippen LogP contribution in [-0.4, -0.2) is 48.2 Å². The Labute approximate surface area is 192 Å². The smallest absolute Gasteiger partial charge is 0.258 e. The monoisotopic (exact) mass is 454 g/mol. The molecule has 1 saturated heterocycles. The first-order valence-electron chi connectivity index (χ1n) is 10.9. The van der Waals surface area contributed by atoms with Crippen LogP contribution in [0, 0.1) is 0 Å². The molecule has 2 aliphatic heterocycles. The van der Waals surface area contributed by atoms with E-state index >= 15 is 0 Å². The van der Waals surface area contributed by atoms with Gasteiger partial charge in [-0.2, -0.15) is 5.10 Å². The lowest BCUT2D eigenvalue weighted by Crippen LogP contribution is -2.45. The van der Waals surface area contributed by atoms with Crippen molar-refractivity contribution in [2.24, 2.45) is 5.10 Å². The van der Waals surface area contributed by atoms with Gasteiger partial charge >= 0.3 is 0 Å². The summed E-state index contributed by atoms with van der Waals surface area (Å²) in [6.07, 6.45) is 2.81. The van der Waals surface area contributed by atoms with Crippen molar-refractivity contribution in [1.29, 1.82) is 0 Å². The molecule has 2 N–H and O–H groups in total. The lowest BCUT2D eigenvalue weighted by atomic mass is 10.0. The third kappa shape index (κ3) is 6.08. The summed E-state index contributed by atoms with van der Waals surface area (Å²) in [6.45, 7) is 2.77. The molecule has 0 radical (unpaired) electrons. The van der Waals surface area contributed by atoms with Gasteiger partial charge in [0.15, 0.2) is 6.61 Å². The van der Waals surface area contributed by atoms with Gasteiger partial charge in [0.05, 0.1) is 10.7 Å². The third-order valence-corrected chi connectivity index (χ3v) is 6.03. The van der Waals surface area contributed by atoms with Crippen molar-refractivity contribution < 1.29 is 14.3 Å². The van der Waals surface area contributed by atoms with Crippen molar-refractivity contribution in [2.45, 2.75) is 38.3 Å². The molecule has 2 amide bonds. The predicted octanol–water partition coefficient (Wildman–Crippen LogP) is 3.11. The molecule has 0 spiro atoms. The number of piperidine rings is 1. The van der Waals surface area contributed by atoms with E-state index < -0.39 is 0 Å². The number of carbonyl (C=O) groups excluding carboxylic acids is 2. The van der Waals surface area contributed by atoms with Crippen molar-refractivity contribution >= 4 is 29.1 Å². The summed E-state index contributed by atoms with van der Waals surface area (Å²) in [5.74, 6) is 0.211. The molecule has 0 unspecified atom stereocenters. The molecule has 2 heterocycles. The molecule has 0 saturated carbocycles. The van der Waals surface area contributed by atoms with Crippen LogP contribution in [-0.2, 0) is 16.1 Å². The number of carbonyl (C=O) groups is 2. The molecule has 0 bridgehead atoms. The van der Waals surface area contributed by atoms with Gasteiger partial charge in [-0.3, -0.25) is 14.5 Å². The Hall–Kier alpha value is -2.90. The van der Waals surface area contributed by atoms with E-state index in [4.69, 9.17) is 16.3 Å². The Morgan fingerprint density at radius 2 is 1.94 bits per heavy atom. The minimum Gasteiger partial charge on any atom is -0.482 e. The van der Waals surface area contributed by atoms with Gasteiger partial charge in [-0.05, 0) is 42.2 Å². The molecule has 0 atom stereocenters. The Kier molecular flexibility index (Phi) is 7.39. The highest BCUT2D eigenvalue weighted by molar-refractivity contribution is 6.32. The van der Waals surface area contributed by atoms with Crippen LogP contribution in [0.2, 0.25) is 5.02 Å². The number of rotatable bonds is 7. The maximum Gasteiger partial charge on any atom is 0.258 e. The van der Waals surface area contributed by atoms with Crippen molar-refractivity contribution in [1.82, 2.24) is 15.6 Å². The summed E-state index contributed by atoms with van der Waals surface area (Å²) in [6, 6.07) is 15.9. The molecule has 2 aliphatic rings. The van der Waals surface area contributed by atoms with E-state index in [2.05, 4.69) is 45.0 Å². The zero-order valence-corrected chi connectivity index (χ0v) is 18.6. The SMILES string of the molecule is O=C1CCC(c2ccc(OCC(=O)NC3CCN(Cc4ccccc4)CC3)c(Cl)c2)=NN1. The number of hydrogen-bond donors (Lipinski definition) is 2. The van der Waals surface area contributed by atoms with Crippen LogP contribution in [0.1, 0.15) is 36.8 Å². The second-order valence-corrected chi connectivity index (χ2v) is 8.54. The van der Waals surface area contributed by atoms with Gasteiger partial charge in [-0.25, -0.2) is 5.43 Å². The maximum absolute atomic E-state index is 12.4. The number of amides is 2. The van der Waals surface area contributed by atoms with Gasteiger partial charge in [-0.15, -0.1) is 0 Å². The highest BCUT2D eigenvalue weighted by Gasteiger charge is 2.21. The summed E-state index contributed by atoms with van der Waals surface area (Å²) in [5, 5.41) is 7.54. The lowest BCUT2D eigenvalue weighted by molar-refractivity contribution is -0.124. The largest absolute Gasteiger partial charge is 0.482 e. The van der Waals surface area contributed by atoms with E-state index in [1.165, 1.54) is 5.56 Å². The Morgan fingerprint density at radius 3 is 2.62 bits per heavy atom. The Morgan fingerprint density at radius 1 is 1.16 bits per heavy atom. The summed E-state index contributed by atoms with van der Waals surface area (Å²) in [7, 11) is 0. The zero-order chi connectivity index (χ0) is 22.3. The summed E-state index contributed by atoms with van der Waals surface area (Å²) in [5.41, 5.74) is 5.39. The molecule has 8 heteroatoms. The van der Waals surface area contributed by atoms with Gasteiger partial charge in [0.25, 0.3) is 5.91 Å². The highest BCUT2D eigenvalue weighted by Crippen LogP contribution is 2.26. The van der Waals surface area contributed by atoms with Crippen LogP contribution < -0.4 is 15.5 Å². The molecule has 168 valence electrons. The highest BCUT2D eigenvalue weighted by atomic mass is 35.5. The second-order valence-electron chi connectivity index (χ2n) is 8.13. The van der Waals surface area contributed by atoms with Crippen LogP contribution in [0.25, 0.3) is 0 Å². The summed E-state index contributed by atoms with van der Waals surface area (Å²) < 4.78 is 5.64. The average molecular weight is 455 g/mol. The van der Waals surface area contributed by atoms with Crippen molar-refractivity contribution in [3.63, 3.8) is 0 Å². The van der Waals surface area contributed by atoms with Crippen molar-refractivity contribution in [2.75, 3.05) is 19.7 Å². The first kappa shape index (κ1) is 22.3. The van der Waals surface area contributed by atoms with Crippen LogP contribution in [0.15, 0.2) is 53.6 Å². The molecule has 0 aliphatic carbocycles. The molecule has 2 aromatic carbocycles. The first-order valence-corrected chi connectivity index (χ1v) is 11.3. The fourth-order valence-corrected chi connectivity index (χ4v) is 4.20. The number of nitrogens with zero attached hydrogens (tertiary/aromatic N) is 2. The van der Waals surface area contributed by atoms with E-state index in [9.17, 15) is 9.59 Å². The molecule has 4 rings (SSSR count). The van der Waals surface area contributed by atoms with E-state index in [0.717, 1.165) is 43.8 Å². The second kappa shape index (κ2) is 10.6. The van der Waals surface area contributed by atoms with Gasteiger partial charge in [0.1, 0.15) is 5.75 Å². The third-order valence-electron chi connectivity index (χ3n) is 5.73. The number of ether oxygens (including phenoxy) is 1. The average Bonchev–Trinajstić information content (AvgIpc) is 2.81. The molecule has 32 heavy (non-hydrogen) atoms. The maximum atomic E-state index is 12.4. The molecule has 2 aromatic rings. The lowest BCUT2D eigenvalue weighted by Gasteiger charge is -2.32. The Bertz CT molecular complexity index is 988. The van der Waals surface area contributed by atoms with Crippen molar-refractivity contribution in [3.05, 3.63) is 64.7 Å². The van der Waals surface area contributed by atoms with E-state index in [0.29, 0.717) is 23.6 Å². The van der Waals surface area contributed by atoms with Gasteiger partial charge in [0.2, 0.25) is 5.91 Å². The number of likely N-dealkylation sites (tertiary alicyclic amines) is 1. The summed E-state index contributed by atoms with van der Waals surface area (Å²) >= 11 is 6.33. The fourth-order valence-electron chi connectivity index (χ4n) is 3.97. The van der Waals surface area contributed by atoms with Crippen LogP contribution in [0.5, 0.6) is 5.75 Å². The number of halogens is 1. The minimum atomic E-state index is -0.147. The van der Waals surface area contributed by atoms with E-state index in [1.807, 2.05) is 12.1 Å². The molecular weight excluding hydrogens is 428 g/mol. The quantitative estimate of drug-likeness (QED) is 0.673. The normalized spacial score (nSPS) is 17.4. The minimum absolute atomic E-state index is 0.0830. The molecular formula is C24H27ClN4O3. The molecule has 1 fully saturated rings. The van der Waals surface area contributed by atoms with Crippen molar-refractivity contribution in [3.8, 4) is 5.75 Å². The number of hydrogen-bond acceptors (Lipinski definition) is 5. The zero-order valence-electron chi connectivity index (χ0n) is 17.9. The summed E-state index contributed by atoms with van der Waals surface area (Å²) in [4.78, 5) is 26.0.